The maximum Gasteiger partial charge on any atom is 0.277 e. The quantitative estimate of drug-likeness (QED) is 0.685. The molecule has 2 heterocycles. The van der Waals surface area contributed by atoms with Gasteiger partial charge in [0.05, 0.1) is 17.4 Å². The number of aromatic nitrogens is 4. The topological polar surface area (TPSA) is 104 Å². The summed E-state index contributed by atoms with van der Waals surface area (Å²) in [6, 6.07) is 5.39. The molecule has 23 heavy (non-hydrogen) atoms. The smallest absolute Gasteiger partial charge is 0.277 e. The van der Waals surface area contributed by atoms with Crippen molar-refractivity contribution in [2.24, 2.45) is 0 Å². The van der Waals surface area contributed by atoms with Crippen LogP contribution in [0.5, 0.6) is 0 Å². The SMILES string of the molecule is CCc1n[nH]c(=O)c(C(=O)Nc2ccc3[nH]ncc3c2)c1CC. The Balaban J connectivity index is 1.98. The van der Waals surface area contributed by atoms with Crippen molar-refractivity contribution in [2.45, 2.75) is 26.7 Å². The van der Waals surface area contributed by atoms with E-state index in [9.17, 15) is 9.59 Å². The van der Waals surface area contributed by atoms with E-state index < -0.39 is 11.5 Å². The predicted octanol–water partition coefficient (Wildman–Crippen LogP) is 2.02. The second-order valence-electron chi connectivity index (χ2n) is 5.19. The number of rotatable bonds is 4. The van der Waals surface area contributed by atoms with E-state index >= 15 is 0 Å². The molecule has 1 amide bonds. The summed E-state index contributed by atoms with van der Waals surface area (Å²) in [5.74, 6) is -0.428. The van der Waals surface area contributed by atoms with Gasteiger partial charge in [-0.3, -0.25) is 14.7 Å². The van der Waals surface area contributed by atoms with Crippen LogP contribution in [0.4, 0.5) is 5.69 Å². The molecule has 0 saturated carbocycles. The van der Waals surface area contributed by atoms with Crippen molar-refractivity contribution < 1.29 is 4.79 Å². The van der Waals surface area contributed by atoms with E-state index in [-0.39, 0.29) is 5.56 Å². The van der Waals surface area contributed by atoms with Crippen molar-refractivity contribution in [1.29, 1.82) is 0 Å². The zero-order valence-corrected chi connectivity index (χ0v) is 12.9. The van der Waals surface area contributed by atoms with Crippen LogP contribution in [0.3, 0.4) is 0 Å². The summed E-state index contributed by atoms with van der Waals surface area (Å²) in [7, 11) is 0. The molecule has 2 aromatic heterocycles. The van der Waals surface area contributed by atoms with Gasteiger partial charge in [0.2, 0.25) is 0 Å². The monoisotopic (exact) mass is 311 g/mol. The number of benzene rings is 1. The Hall–Kier alpha value is -2.96. The third-order valence-electron chi connectivity index (χ3n) is 3.78. The van der Waals surface area contributed by atoms with Crippen LogP contribution in [0, 0.1) is 0 Å². The standard InChI is InChI=1S/C16H17N5O2/c1-3-11-12(4-2)20-21-16(23)14(11)15(22)18-10-5-6-13-9(7-10)8-17-19-13/h5-8H,3-4H2,1-2H3,(H,17,19)(H,18,22)(H,21,23). The zero-order valence-electron chi connectivity index (χ0n) is 12.9. The molecular formula is C16H17N5O2. The zero-order chi connectivity index (χ0) is 16.4. The van der Waals surface area contributed by atoms with Crippen molar-refractivity contribution in [1.82, 2.24) is 20.4 Å². The lowest BCUT2D eigenvalue weighted by atomic mass is 10.0. The van der Waals surface area contributed by atoms with Gasteiger partial charge in [-0.15, -0.1) is 0 Å². The molecule has 3 N–H and O–H groups in total. The van der Waals surface area contributed by atoms with Gasteiger partial charge in [-0.1, -0.05) is 13.8 Å². The first-order valence-electron chi connectivity index (χ1n) is 7.49. The fourth-order valence-corrected chi connectivity index (χ4v) is 2.65. The molecule has 0 saturated heterocycles. The van der Waals surface area contributed by atoms with Crippen molar-refractivity contribution in [3.63, 3.8) is 0 Å². The summed E-state index contributed by atoms with van der Waals surface area (Å²) in [6.07, 6.45) is 2.90. The minimum absolute atomic E-state index is 0.131. The second kappa shape index (κ2) is 6.04. The van der Waals surface area contributed by atoms with Crippen LogP contribution in [0.1, 0.15) is 35.5 Å². The number of amides is 1. The van der Waals surface area contributed by atoms with Gasteiger partial charge in [0.15, 0.2) is 0 Å². The van der Waals surface area contributed by atoms with E-state index in [1.54, 1.807) is 18.3 Å². The van der Waals surface area contributed by atoms with Crippen LogP contribution < -0.4 is 10.9 Å². The highest BCUT2D eigenvalue weighted by Gasteiger charge is 2.19. The molecule has 7 heteroatoms. The molecule has 0 radical (unpaired) electrons. The van der Waals surface area contributed by atoms with E-state index in [2.05, 4.69) is 25.7 Å². The number of nitrogens with one attached hydrogen (secondary N) is 3. The Labute approximate surface area is 132 Å². The lowest BCUT2D eigenvalue weighted by Crippen LogP contribution is -2.27. The molecule has 118 valence electrons. The number of H-pyrrole nitrogens is 2. The van der Waals surface area contributed by atoms with Crippen LogP contribution in [-0.2, 0) is 12.8 Å². The lowest BCUT2D eigenvalue weighted by molar-refractivity contribution is 0.102. The Morgan fingerprint density at radius 2 is 2.04 bits per heavy atom. The van der Waals surface area contributed by atoms with Crippen LogP contribution >= 0.6 is 0 Å². The van der Waals surface area contributed by atoms with E-state index in [0.29, 0.717) is 24.1 Å². The molecule has 0 aliphatic carbocycles. The highest BCUT2D eigenvalue weighted by atomic mass is 16.2. The van der Waals surface area contributed by atoms with Crippen molar-refractivity contribution in [2.75, 3.05) is 5.32 Å². The number of anilines is 1. The largest absolute Gasteiger partial charge is 0.322 e. The Kier molecular flexibility index (Phi) is 3.92. The van der Waals surface area contributed by atoms with Gasteiger partial charge in [0.25, 0.3) is 11.5 Å². The van der Waals surface area contributed by atoms with Gasteiger partial charge < -0.3 is 5.32 Å². The first-order chi connectivity index (χ1) is 11.1. The number of aromatic amines is 2. The fraction of sp³-hybridized carbons (Fsp3) is 0.250. The van der Waals surface area contributed by atoms with Crippen molar-refractivity contribution >= 4 is 22.5 Å². The van der Waals surface area contributed by atoms with Gasteiger partial charge in [-0.05, 0) is 36.6 Å². The molecule has 3 rings (SSSR count). The average molecular weight is 311 g/mol. The molecule has 0 unspecified atom stereocenters. The number of fused-ring (bicyclic) bond motifs is 1. The van der Waals surface area contributed by atoms with Crippen LogP contribution in [0.15, 0.2) is 29.2 Å². The van der Waals surface area contributed by atoms with Crippen molar-refractivity contribution in [3.8, 4) is 0 Å². The van der Waals surface area contributed by atoms with E-state index in [1.807, 2.05) is 19.9 Å². The molecule has 3 aromatic rings. The normalized spacial score (nSPS) is 10.9. The van der Waals surface area contributed by atoms with Gasteiger partial charge in [0.1, 0.15) is 5.56 Å². The highest BCUT2D eigenvalue weighted by Crippen LogP contribution is 2.18. The molecule has 1 aromatic carbocycles. The molecule has 0 bridgehead atoms. The Morgan fingerprint density at radius 1 is 1.22 bits per heavy atom. The number of hydrogen-bond acceptors (Lipinski definition) is 4. The van der Waals surface area contributed by atoms with Gasteiger partial charge >= 0.3 is 0 Å². The summed E-state index contributed by atoms with van der Waals surface area (Å²) < 4.78 is 0. The number of hydrogen-bond donors (Lipinski definition) is 3. The van der Waals surface area contributed by atoms with Crippen molar-refractivity contribution in [3.05, 3.63) is 51.6 Å². The first kappa shape index (κ1) is 15.0. The van der Waals surface area contributed by atoms with Crippen LogP contribution in [0.25, 0.3) is 10.9 Å². The summed E-state index contributed by atoms with van der Waals surface area (Å²) >= 11 is 0. The maximum absolute atomic E-state index is 12.6. The number of carbonyl (C=O) groups is 1. The lowest BCUT2D eigenvalue weighted by Gasteiger charge is -2.11. The first-order valence-corrected chi connectivity index (χ1v) is 7.49. The summed E-state index contributed by atoms with van der Waals surface area (Å²) in [6.45, 7) is 3.85. The van der Waals surface area contributed by atoms with E-state index in [1.165, 1.54) is 0 Å². The summed E-state index contributed by atoms with van der Waals surface area (Å²) in [5, 5.41) is 16.9. The van der Waals surface area contributed by atoms with Gasteiger partial charge in [0, 0.05) is 11.1 Å². The predicted molar refractivity (Wildman–Crippen MR) is 87.7 cm³/mol. The second-order valence-corrected chi connectivity index (χ2v) is 5.19. The van der Waals surface area contributed by atoms with Crippen LogP contribution in [-0.4, -0.2) is 26.3 Å². The summed E-state index contributed by atoms with van der Waals surface area (Å²) in [4.78, 5) is 24.7. The average Bonchev–Trinajstić information content (AvgIpc) is 3.01. The fourth-order valence-electron chi connectivity index (χ4n) is 2.65. The Morgan fingerprint density at radius 3 is 2.78 bits per heavy atom. The summed E-state index contributed by atoms with van der Waals surface area (Å²) in [5.41, 5.74) is 2.58. The van der Waals surface area contributed by atoms with Gasteiger partial charge in [-0.25, -0.2) is 5.10 Å². The van der Waals surface area contributed by atoms with Crippen LogP contribution in [0.2, 0.25) is 0 Å². The number of aryl methyl sites for hydroxylation is 1. The third-order valence-corrected chi connectivity index (χ3v) is 3.78. The Bertz CT molecular complexity index is 926. The number of nitrogens with zero attached hydrogens (tertiary/aromatic N) is 2. The minimum atomic E-state index is -0.471. The van der Waals surface area contributed by atoms with E-state index in [0.717, 1.165) is 16.6 Å². The van der Waals surface area contributed by atoms with Gasteiger partial charge in [-0.2, -0.15) is 10.2 Å². The molecule has 0 spiro atoms. The molecule has 0 fully saturated rings. The molecule has 0 atom stereocenters. The molecule has 7 nitrogen and oxygen atoms in total. The molecular weight excluding hydrogens is 294 g/mol. The maximum atomic E-state index is 12.6. The third kappa shape index (κ3) is 2.73. The van der Waals surface area contributed by atoms with E-state index in [4.69, 9.17) is 0 Å². The minimum Gasteiger partial charge on any atom is -0.322 e. The highest BCUT2D eigenvalue weighted by molar-refractivity contribution is 6.05. The molecule has 0 aliphatic rings. The molecule has 0 aliphatic heterocycles. The number of carbonyl (C=O) groups excluding carboxylic acids is 1.